The minimum Gasteiger partial charge on any atom is -0.489 e. The summed E-state index contributed by atoms with van der Waals surface area (Å²) >= 11 is 0. The number of carboxylic acid groups (broad SMARTS) is 2. The third kappa shape index (κ3) is 5.98. The van der Waals surface area contributed by atoms with Crippen molar-refractivity contribution >= 4 is 24.1 Å². The topological polar surface area (TPSA) is 141 Å². The van der Waals surface area contributed by atoms with E-state index < -0.39 is 23.1 Å². The lowest BCUT2D eigenvalue weighted by molar-refractivity contribution is -0.133. The Morgan fingerprint density at radius 3 is 1.47 bits per heavy atom. The number of carboxylic acids is 2. The van der Waals surface area contributed by atoms with Gasteiger partial charge in [-0.05, 0) is 24.3 Å². The molecule has 0 bridgehead atoms. The third-order valence-corrected chi connectivity index (χ3v) is 3.74. The van der Waals surface area contributed by atoms with Gasteiger partial charge in [-0.2, -0.15) is 10.5 Å². The van der Waals surface area contributed by atoms with Crippen molar-refractivity contribution in [1.82, 2.24) is 0 Å². The Balaban J connectivity index is 2.08. The summed E-state index contributed by atoms with van der Waals surface area (Å²) in [5.74, 6) is -1.92. The Labute approximate surface area is 172 Å². The summed E-state index contributed by atoms with van der Waals surface area (Å²) in [6.07, 6.45) is 2.43. The normalized spacial score (nSPS) is 11.1. The van der Waals surface area contributed by atoms with E-state index in [4.69, 9.17) is 30.2 Å². The van der Waals surface area contributed by atoms with Gasteiger partial charge < -0.3 is 19.7 Å². The molecule has 0 aromatic heterocycles. The second-order valence-electron chi connectivity index (χ2n) is 5.72. The van der Waals surface area contributed by atoms with Crippen LogP contribution >= 0.6 is 0 Å². The molecular weight excluding hydrogens is 388 g/mol. The summed E-state index contributed by atoms with van der Waals surface area (Å²) in [5.41, 5.74) is 0.0179. The number of benzene rings is 2. The van der Waals surface area contributed by atoms with E-state index in [1.807, 2.05) is 0 Å². The van der Waals surface area contributed by atoms with Gasteiger partial charge in [0.05, 0.1) is 0 Å². The van der Waals surface area contributed by atoms with Crippen molar-refractivity contribution in [3.05, 3.63) is 70.8 Å². The molecule has 0 aliphatic rings. The number of ether oxygens (including phenoxy) is 2. The van der Waals surface area contributed by atoms with Crippen molar-refractivity contribution < 1.29 is 29.3 Å². The lowest BCUT2D eigenvalue weighted by Gasteiger charge is -2.12. The Hall–Kier alpha value is -4.56. The minimum absolute atomic E-state index is 0.0991. The average Bonchev–Trinajstić information content (AvgIpc) is 2.74. The fourth-order valence-corrected chi connectivity index (χ4v) is 2.36. The molecule has 0 radical (unpaired) electrons. The number of para-hydroxylation sites is 2. The molecule has 0 fully saturated rings. The van der Waals surface area contributed by atoms with Crippen LogP contribution in [-0.2, 0) is 9.59 Å². The quantitative estimate of drug-likeness (QED) is 0.369. The van der Waals surface area contributed by atoms with E-state index in [2.05, 4.69) is 0 Å². The summed E-state index contributed by atoms with van der Waals surface area (Å²) in [7, 11) is 0. The SMILES string of the molecule is N#CC(=Cc1ccccc1OCCOc1ccccc1C=C(C#N)C(=O)O)C(=O)O. The molecule has 0 unspecified atom stereocenters. The van der Waals surface area contributed by atoms with Gasteiger partial charge >= 0.3 is 11.9 Å². The van der Waals surface area contributed by atoms with Crippen LogP contribution in [0.15, 0.2) is 59.7 Å². The molecule has 8 nitrogen and oxygen atoms in total. The number of carbonyl (C=O) groups is 2. The fourth-order valence-electron chi connectivity index (χ4n) is 2.36. The van der Waals surface area contributed by atoms with Crippen LogP contribution in [0.25, 0.3) is 12.2 Å². The number of hydrogen-bond acceptors (Lipinski definition) is 6. The zero-order chi connectivity index (χ0) is 21.9. The van der Waals surface area contributed by atoms with Crippen LogP contribution in [-0.4, -0.2) is 35.4 Å². The smallest absolute Gasteiger partial charge is 0.346 e. The second kappa shape index (κ2) is 10.7. The molecule has 8 heteroatoms. The fraction of sp³-hybridized carbons (Fsp3) is 0.0909. The number of rotatable bonds is 9. The van der Waals surface area contributed by atoms with Gasteiger partial charge in [0.1, 0.15) is 48.0 Å². The number of nitriles is 2. The van der Waals surface area contributed by atoms with E-state index in [0.717, 1.165) is 0 Å². The average molecular weight is 404 g/mol. The number of hydrogen-bond donors (Lipinski definition) is 2. The number of nitrogens with zero attached hydrogens (tertiary/aromatic N) is 2. The molecule has 2 N–H and O–H groups in total. The highest BCUT2D eigenvalue weighted by Gasteiger charge is 2.10. The van der Waals surface area contributed by atoms with Crippen molar-refractivity contribution in [2.45, 2.75) is 0 Å². The van der Waals surface area contributed by atoms with Crippen LogP contribution in [0.5, 0.6) is 11.5 Å². The maximum atomic E-state index is 11.0. The lowest BCUT2D eigenvalue weighted by Crippen LogP contribution is -2.10. The van der Waals surface area contributed by atoms with Crippen molar-refractivity contribution in [1.29, 1.82) is 10.5 Å². The van der Waals surface area contributed by atoms with Gasteiger partial charge in [0.15, 0.2) is 0 Å². The van der Waals surface area contributed by atoms with Crippen LogP contribution in [0.3, 0.4) is 0 Å². The standard InChI is InChI=1S/C22H16N2O6/c23-13-17(21(25)26)11-15-5-1-3-7-19(15)29-9-10-30-20-8-4-2-6-16(20)12-18(14-24)22(27)28/h1-8,11-12H,9-10H2,(H,25,26)(H,27,28). The molecule has 2 aromatic carbocycles. The summed E-state index contributed by atoms with van der Waals surface area (Å²) in [6, 6.07) is 16.5. The van der Waals surface area contributed by atoms with Gasteiger partial charge in [-0.1, -0.05) is 36.4 Å². The van der Waals surface area contributed by atoms with Gasteiger partial charge in [0.25, 0.3) is 0 Å². The summed E-state index contributed by atoms with van der Waals surface area (Å²) in [6.45, 7) is 0.198. The summed E-state index contributed by atoms with van der Waals surface area (Å²) in [4.78, 5) is 22.0. The lowest BCUT2D eigenvalue weighted by atomic mass is 10.1. The van der Waals surface area contributed by atoms with Crippen molar-refractivity contribution in [2.75, 3.05) is 13.2 Å². The monoisotopic (exact) mass is 404 g/mol. The molecule has 0 saturated carbocycles. The molecule has 150 valence electrons. The first-order chi connectivity index (χ1) is 14.5. The van der Waals surface area contributed by atoms with Gasteiger partial charge in [0.2, 0.25) is 0 Å². The minimum atomic E-state index is -1.33. The van der Waals surface area contributed by atoms with Crippen LogP contribution < -0.4 is 9.47 Å². The Morgan fingerprint density at radius 1 is 0.767 bits per heavy atom. The van der Waals surface area contributed by atoms with E-state index >= 15 is 0 Å². The second-order valence-corrected chi connectivity index (χ2v) is 5.72. The molecule has 0 aliphatic heterocycles. The molecule has 0 spiro atoms. The molecular formula is C22H16N2O6. The zero-order valence-corrected chi connectivity index (χ0v) is 15.6. The number of aliphatic carboxylic acids is 2. The van der Waals surface area contributed by atoms with E-state index in [1.165, 1.54) is 12.2 Å². The van der Waals surface area contributed by atoms with Gasteiger partial charge in [-0.25, -0.2) is 9.59 Å². The Kier molecular flexibility index (Phi) is 7.75. The van der Waals surface area contributed by atoms with Crippen molar-refractivity contribution in [3.8, 4) is 23.6 Å². The highest BCUT2D eigenvalue weighted by molar-refractivity contribution is 5.97. The van der Waals surface area contributed by atoms with Crippen LogP contribution in [0, 0.1) is 22.7 Å². The molecule has 0 amide bonds. The van der Waals surface area contributed by atoms with Crippen LogP contribution in [0.4, 0.5) is 0 Å². The van der Waals surface area contributed by atoms with Crippen molar-refractivity contribution in [2.24, 2.45) is 0 Å². The maximum Gasteiger partial charge on any atom is 0.346 e. The molecule has 2 aromatic rings. The van der Waals surface area contributed by atoms with E-state index in [9.17, 15) is 9.59 Å². The van der Waals surface area contributed by atoms with E-state index in [1.54, 1.807) is 60.7 Å². The Morgan fingerprint density at radius 2 is 1.13 bits per heavy atom. The molecule has 0 atom stereocenters. The summed E-state index contributed by atoms with van der Waals surface area (Å²) in [5, 5.41) is 35.8. The van der Waals surface area contributed by atoms with E-state index in [-0.39, 0.29) is 13.2 Å². The van der Waals surface area contributed by atoms with Gasteiger partial charge in [-0.15, -0.1) is 0 Å². The molecule has 0 saturated heterocycles. The molecule has 2 rings (SSSR count). The highest BCUT2D eigenvalue weighted by Crippen LogP contribution is 2.23. The van der Waals surface area contributed by atoms with Gasteiger partial charge in [-0.3, -0.25) is 0 Å². The summed E-state index contributed by atoms with van der Waals surface area (Å²) < 4.78 is 11.3. The third-order valence-electron chi connectivity index (χ3n) is 3.74. The Bertz CT molecular complexity index is 1000. The molecule has 0 heterocycles. The first-order valence-corrected chi connectivity index (χ1v) is 8.60. The van der Waals surface area contributed by atoms with Crippen molar-refractivity contribution in [3.63, 3.8) is 0 Å². The maximum absolute atomic E-state index is 11.0. The largest absolute Gasteiger partial charge is 0.489 e. The zero-order valence-electron chi connectivity index (χ0n) is 15.6. The molecule has 0 aliphatic carbocycles. The first kappa shape index (κ1) is 21.7. The van der Waals surface area contributed by atoms with Crippen LogP contribution in [0.2, 0.25) is 0 Å². The molecule has 30 heavy (non-hydrogen) atoms. The predicted octanol–water partition coefficient (Wildman–Crippen LogP) is 3.13. The highest BCUT2D eigenvalue weighted by atomic mass is 16.5. The van der Waals surface area contributed by atoms with Gasteiger partial charge in [0, 0.05) is 11.1 Å². The predicted molar refractivity (Wildman–Crippen MR) is 106 cm³/mol. The first-order valence-electron chi connectivity index (χ1n) is 8.60. The van der Waals surface area contributed by atoms with E-state index in [0.29, 0.717) is 22.6 Å². The van der Waals surface area contributed by atoms with Crippen LogP contribution in [0.1, 0.15) is 11.1 Å².